The molecule has 2 heterocycles. The molecular weight excluding hydrogens is 393 g/mol. The van der Waals surface area contributed by atoms with Crippen LogP contribution in [0.2, 0.25) is 0 Å². The van der Waals surface area contributed by atoms with Crippen LogP contribution in [0.25, 0.3) is 0 Å². The van der Waals surface area contributed by atoms with Crippen LogP contribution in [0.15, 0.2) is 18.2 Å². The zero-order valence-corrected chi connectivity index (χ0v) is 14.0. The molecule has 0 bridgehead atoms. The van der Waals surface area contributed by atoms with Gasteiger partial charge in [-0.1, -0.05) is 28.7 Å². The molecule has 1 aromatic rings. The van der Waals surface area contributed by atoms with Gasteiger partial charge in [-0.15, -0.1) is 0 Å². The first-order valence-corrected chi connectivity index (χ1v) is 9.38. The molecule has 1 saturated heterocycles. The zero-order chi connectivity index (χ0) is 14.6. The summed E-state index contributed by atoms with van der Waals surface area (Å²) < 4.78 is 24.9. The average Bonchev–Trinajstić information content (AvgIpc) is 2.47. The monoisotopic (exact) mass is 411 g/mol. The van der Waals surface area contributed by atoms with E-state index in [4.69, 9.17) is 14.6 Å². The number of nitrogens with zero attached hydrogens (tertiary/aromatic N) is 2. The van der Waals surface area contributed by atoms with Crippen molar-refractivity contribution >= 4 is 38.1 Å². The Bertz CT molecular complexity index is 547. The highest BCUT2D eigenvalue weighted by atomic mass is 127. The maximum absolute atomic E-state index is 12.2. The number of rotatable bonds is 5. The third kappa shape index (κ3) is 3.80. The molecule has 112 valence electrons. The summed E-state index contributed by atoms with van der Waals surface area (Å²) in [6, 6.07) is 5.57. The van der Waals surface area contributed by atoms with Gasteiger partial charge in [-0.2, -0.15) is 0 Å². The minimum absolute atomic E-state index is 0.0237. The van der Waals surface area contributed by atoms with E-state index < -0.39 is 13.0 Å². The first kappa shape index (κ1) is 15.9. The molecule has 0 amide bonds. The van der Waals surface area contributed by atoms with Crippen LogP contribution in [0.1, 0.15) is 8.95 Å². The lowest BCUT2D eigenvalue weighted by atomic mass is 10.3. The van der Waals surface area contributed by atoms with E-state index in [9.17, 15) is 4.21 Å². The number of alkyl halides is 1. The van der Waals surface area contributed by atoms with Crippen LogP contribution >= 0.6 is 22.6 Å². The van der Waals surface area contributed by atoms with E-state index in [1.165, 1.54) is 0 Å². The van der Waals surface area contributed by atoms with Crippen molar-refractivity contribution in [1.29, 1.82) is 4.78 Å². The maximum atomic E-state index is 12.2. The van der Waals surface area contributed by atoms with Crippen molar-refractivity contribution in [3.63, 3.8) is 0 Å². The number of aromatic nitrogens is 1. The second kappa shape index (κ2) is 7.01. The van der Waals surface area contributed by atoms with Crippen LogP contribution < -0.4 is 4.90 Å². The normalized spacial score (nSPS) is 20.4. The summed E-state index contributed by atoms with van der Waals surface area (Å²) in [4.78, 5) is 6.65. The first-order chi connectivity index (χ1) is 9.54. The van der Waals surface area contributed by atoms with Gasteiger partial charge < -0.3 is 14.7 Å². The minimum Gasteiger partial charge on any atom is -0.395 e. The molecule has 0 aliphatic carbocycles. The Morgan fingerprint density at radius 2 is 2.20 bits per heavy atom. The molecule has 1 fully saturated rings. The fraction of sp³-hybridized carbons (Fsp3) is 0.583. The quantitative estimate of drug-likeness (QED) is 0.565. The summed E-state index contributed by atoms with van der Waals surface area (Å²) in [5, 5.41) is 8.91. The van der Waals surface area contributed by atoms with Crippen molar-refractivity contribution in [1.82, 2.24) is 4.98 Å². The van der Waals surface area contributed by atoms with Crippen molar-refractivity contribution in [2.24, 2.45) is 0 Å². The maximum Gasteiger partial charge on any atom is 0.136 e. The van der Waals surface area contributed by atoms with Gasteiger partial charge in [-0.05, 0) is 12.1 Å². The topological polar surface area (TPSA) is 86.5 Å². The lowest BCUT2D eigenvalue weighted by Gasteiger charge is -2.28. The molecule has 2 N–H and O–H groups in total. The number of nitrogens with one attached hydrogen (secondary N) is 1. The summed E-state index contributed by atoms with van der Waals surface area (Å²) in [5.74, 6) is 0.802. The van der Waals surface area contributed by atoms with E-state index in [0.29, 0.717) is 18.9 Å². The molecule has 0 radical (unpaired) electrons. The molecule has 2 rings (SSSR count). The van der Waals surface area contributed by atoms with Crippen molar-refractivity contribution in [2.45, 2.75) is 3.26 Å². The van der Waals surface area contributed by atoms with E-state index in [1.54, 1.807) is 6.07 Å². The van der Waals surface area contributed by atoms with Gasteiger partial charge in [0.2, 0.25) is 0 Å². The number of ether oxygens (including phenoxy) is 1. The number of pyridine rings is 1. The fourth-order valence-electron chi connectivity index (χ4n) is 1.97. The Balaban J connectivity index is 2.20. The molecule has 2 unspecified atom stereocenters. The van der Waals surface area contributed by atoms with E-state index in [1.807, 2.05) is 34.7 Å². The van der Waals surface area contributed by atoms with Gasteiger partial charge in [0, 0.05) is 13.1 Å². The van der Waals surface area contributed by atoms with Crippen molar-refractivity contribution in [3.05, 3.63) is 23.9 Å². The predicted octanol–water partition coefficient (Wildman–Crippen LogP) is 1.39. The SMILES string of the molecule is N=S(=O)(CCO)C(I)c1cccc(N2CCOCC2)n1. The smallest absolute Gasteiger partial charge is 0.136 e. The zero-order valence-electron chi connectivity index (χ0n) is 11.0. The molecule has 1 aliphatic rings. The van der Waals surface area contributed by atoms with Crippen LogP contribution in [0.4, 0.5) is 5.82 Å². The van der Waals surface area contributed by atoms with Crippen LogP contribution in [0, 0.1) is 4.78 Å². The number of halogens is 1. The first-order valence-electron chi connectivity index (χ1n) is 6.34. The second-order valence-electron chi connectivity index (χ2n) is 4.49. The molecule has 1 aliphatic heterocycles. The summed E-state index contributed by atoms with van der Waals surface area (Å²) in [6.45, 7) is 2.69. The molecule has 0 aromatic carbocycles. The molecule has 20 heavy (non-hydrogen) atoms. The highest BCUT2D eigenvalue weighted by Gasteiger charge is 2.22. The van der Waals surface area contributed by atoms with Gasteiger partial charge in [0.15, 0.2) is 0 Å². The predicted molar refractivity (Wildman–Crippen MR) is 86.8 cm³/mol. The molecule has 2 atom stereocenters. The Morgan fingerprint density at radius 1 is 1.50 bits per heavy atom. The van der Waals surface area contributed by atoms with Gasteiger partial charge in [0.25, 0.3) is 0 Å². The third-order valence-corrected chi connectivity index (χ3v) is 7.85. The van der Waals surface area contributed by atoms with Gasteiger partial charge >= 0.3 is 0 Å². The van der Waals surface area contributed by atoms with E-state index in [-0.39, 0.29) is 12.4 Å². The summed E-state index contributed by atoms with van der Waals surface area (Å²) in [7, 11) is -2.88. The molecular formula is C12H18IN3O3S. The summed E-state index contributed by atoms with van der Waals surface area (Å²) in [5.41, 5.74) is 0.628. The minimum atomic E-state index is -2.88. The van der Waals surface area contributed by atoms with Crippen LogP contribution in [-0.2, 0) is 14.5 Å². The van der Waals surface area contributed by atoms with Gasteiger partial charge in [0.05, 0.1) is 41.0 Å². The molecule has 6 nitrogen and oxygen atoms in total. The standard InChI is InChI=1S/C12H18IN3O3S/c13-12(20(14,18)9-6-17)10-2-1-3-11(15-10)16-4-7-19-8-5-16/h1-3,12,14,17H,4-9H2. The third-order valence-electron chi connectivity index (χ3n) is 3.05. The van der Waals surface area contributed by atoms with E-state index in [2.05, 4.69) is 9.88 Å². The number of anilines is 1. The van der Waals surface area contributed by atoms with Crippen LogP contribution in [0.5, 0.6) is 0 Å². The van der Waals surface area contributed by atoms with E-state index in [0.717, 1.165) is 18.9 Å². The molecule has 0 spiro atoms. The lowest BCUT2D eigenvalue weighted by molar-refractivity contribution is 0.122. The summed E-state index contributed by atoms with van der Waals surface area (Å²) >= 11 is 1.98. The number of morpholine rings is 1. The largest absolute Gasteiger partial charge is 0.395 e. The van der Waals surface area contributed by atoms with Crippen molar-refractivity contribution in [2.75, 3.05) is 43.6 Å². The molecule has 1 aromatic heterocycles. The Kier molecular flexibility index (Phi) is 5.58. The highest BCUT2D eigenvalue weighted by molar-refractivity contribution is 14.1. The number of hydrogen-bond donors (Lipinski definition) is 2. The van der Waals surface area contributed by atoms with Crippen LogP contribution in [0.3, 0.4) is 0 Å². The lowest BCUT2D eigenvalue weighted by Crippen LogP contribution is -2.36. The molecule has 0 saturated carbocycles. The number of aliphatic hydroxyl groups excluding tert-OH is 1. The number of hydrogen-bond acceptors (Lipinski definition) is 6. The van der Waals surface area contributed by atoms with Crippen molar-refractivity contribution < 1.29 is 14.1 Å². The Labute approximate surface area is 132 Å². The fourth-order valence-corrected chi connectivity index (χ4v) is 4.08. The average molecular weight is 411 g/mol. The van der Waals surface area contributed by atoms with E-state index >= 15 is 0 Å². The summed E-state index contributed by atoms with van der Waals surface area (Å²) in [6.07, 6.45) is 0. The Morgan fingerprint density at radius 3 is 2.85 bits per heavy atom. The van der Waals surface area contributed by atoms with Crippen molar-refractivity contribution in [3.8, 4) is 0 Å². The number of aliphatic hydroxyl groups is 1. The highest BCUT2D eigenvalue weighted by Crippen LogP contribution is 2.30. The molecule has 8 heteroatoms. The van der Waals surface area contributed by atoms with Gasteiger partial charge in [-0.3, -0.25) is 4.78 Å². The van der Waals surface area contributed by atoms with Crippen LogP contribution in [-0.4, -0.2) is 53.0 Å². The second-order valence-corrected chi connectivity index (χ2v) is 8.91. The van der Waals surface area contributed by atoms with Gasteiger partial charge in [-0.25, -0.2) is 9.19 Å². The van der Waals surface area contributed by atoms with Gasteiger partial charge in [0.1, 0.15) is 9.07 Å². The Hall–Kier alpha value is -0.450.